The zero-order valence-corrected chi connectivity index (χ0v) is 14.3. The van der Waals surface area contributed by atoms with Crippen LogP contribution in [0, 0.1) is 11.6 Å². The Hall–Kier alpha value is -2.40. The molecular weight excluding hydrogens is 322 g/mol. The largest absolute Gasteiger partial charge is 0.393 e. The summed E-state index contributed by atoms with van der Waals surface area (Å²) in [6.07, 6.45) is 7.44. The molecular formula is C20H22F2N2O. The average Bonchev–Trinajstić information content (AvgIpc) is 2.59. The van der Waals surface area contributed by atoms with Gasteiger partial charge in [0.1, 0.15) is 0 Å². The van der Waals surface area contributed by atoms with Crippen molar-refractivity contribution in [1.82, 2.24) is 10.2 Å². The van der Waals surface area contributed by atoms with Gasteiger partial charge in [-0.2, -0.15) is 10.2 Å². The second kappa shape index (κ2) is 9.18. The molecule has 0 aliphatic carbocycles. The van der Waals surface area contributed by atoms with Crippen molar-refractivity contribution in [3.05, 3.63) is 65.9 Å². The Morgan fingerprint density at radius 2 is 1.96 bits per heavy atom. The molecule has 0 saturated carbocycles. The summed E-state index contributed by atoms with van der Waals surface area (Å²) in [4.78, 5) is 0. The van der Waals surface area contributed by atoms with Crippen LogP contribution in [0.15, 0.2) is 43.0 Å². The van der Waals surface area contributed by atoms with Crippen molar-refractivity contribution < 1.29 is 13.9 Å². The topological polar surface area (TPSA) is 46.0 Å². The predicted molar refractivity (Wildman–Crippen MR) is 95.9 cm³/mol. The number of aliphatic hydroxyl groups is 1. The van der Waals surface area contributed by atoms with Crippen molar-refractivity contribution >= 4 is 6.08 Å². The van der Waals surface area contributed by atoms with E-state index in [4.69, 9.17) is 0 Å². The van der Waals surface area contributed by atoms with Gasteiger partial charge < -0.3 is 5.11 Å². The van der Waals surface area contributed by atoms with Crippen molar-refractivity contribution in [1.29, 1.82) is 0 Å². The number of hydrogen-bond acceptors (Lipinski definition) is 3. The van der Waals surface area contributed by atoms with Gasteiger partial charge in [-0.15, -0.1) is 6.58 Å². The lowest BCUT2D eigenvalue weighted by atomic mass is 10.1. The predicted octanol–water partition coefficient (Wildman–Crippen LogP) is 4.71. The first-order chi connectivity index (χ1) is 12.0. The summed E-state index contributed by atoms with van der Waals surface area (Å²) in [6.45, 7) is 5.35. The molecule has 2 aromatic rings. The minimum absolute atomic E-state index is 0.0846. The van der Waals surface area contributed by atoms with Crippen LogP contribution < -0.4 is 0 Å². The maximum Gasteiger partial charge on any atom is 0.168 e. The molecule has 1 atom stereocenters. The molecule has 25 heavy (non-hydrogen) atoms. The summed E-state index contributed by atoms with van der Waals surface area (Å²) >= 11 is 0. The Morgan fingerprint density at radius 1 is 1.16 bits per heavy atom. The summed E-state index contributed by atoms with van der Waals surface area (Å²) < 4.78 is 28.6. The fraction of sp³-hybridized carbons (Fsp3) is 0.300. The molecule has 0 aliphatic rings. The second-order valence-electron chi connectivity index (χ2n) is 5.92. The Balaban J connectivity index is 2.13. The van der Waals surface area contributed by atoms with E-state index in [2.05, 4.69) is 16.8 Å². The highest BCUT2D eigenvalue weighted by Gasteiger charge is 2.14. The molecule has 2 rings (SSSR count). The van der Waals surface area contributed by atoms with Crippen molar-refractivity contribution in [3.63, 3.8) is 0 Å². The quantitative estimate of drug-likeness (QED) is 0.557. The highest BCUT2D eigenvalue weighted by atomic mass is 19.2. The number of aromatic nitrogens is 2. The van der Waals surface area contributed by atoms with Gasteiger partial charge in [-0.05, 0) is 44.4 Å². The van der Waals surface area contributed by atoms with Gasteiger partial charge in [-0.3, -0.25) is 0 Å². The van der Waals surface area contributed by atoms with E-state index >= 15 is 0 Å². The van der Waals surface area contributed by atoms with Crippen LogP contribution in [0.1, 0.15) is 37.4 Å². The van der Waals surface area contributed by atoms with Crippen molar-refractivity contribution in [2.75, 3.05) is 0 Å². The van der Waals surface area contributed by atoms with Gasteiger partial charge in [0.2, 0.25) is 0 Å². The third-order valence-corrected chi connectivity index (χ3v) is 3.75. The van der Waals surface area contributed by atoms with Gasteiger partial charge in [0, 0.05) is 17.5 Å². The van der Waals surface area contributed by atoms with Crippen molar-refractivity contribution in [2.45, 2.75) is 38.7 Å². The molecule has 1 aromatic carbocycles. The Morgan fingerprint density at radius 3 is 2.60 bits per heavy atom. The molecule has 0 bridgehead atoms. The minimum Gasteiger partial charge on any atom is -0.393 e. The molecule has 1 unspecified atom stereocenters. The van der Waals surface area contributed by atoms with E-state index in [1.165, 1.54) is 12.1 Å². The molecule has 3 nitrogen and oxygen atoms in total. The molecule has 0 aliphatic heterocycles. The van der Waals surface area contributed by atoms with Crippen molar-refractivity contribution in [2.24, 2.45) is 0 Å². The van der Waals surface area contributed by atoms with Crippen LogP contribution in [0.5, 0.6) is 0 Å². The lowest BCUT2D eigenvalue weighted by Gasteiger charge is -2.06. The van der Waals surface area contributed by atoms with Gasteiger partial charge in [-0.1, -0.05) is 24.3 Å². The van der Waals surface area contributed by atoms with Crippen LogP contribution in [0.3, 0.4) is 0 Å². The SMILES string of the molecule is C=CCc1ccc(-c2ccc(/C=C/CCCC(C)O)c(F)c2F)nn1. The summed E-state index contributed by atoms with van der Waals surface area (Å²) in [5, 5.41) is 17.1. The molecule has 5 heteroatoms. The third kappa shape index (κ3) is 5.29. The van der Waals surface area contributed by atoms with Crippen LogP contribution in [0.4, 0.5) is 8.78 Å². The van der Waals surface area contributed by atoms with E-state index in [1.54, 1.807) is 37.3 Å². The normalized spacial score (nSPS) is 12.5. The maximum absolute atomic E-state index is 14.4. The van der Waals surface area contributed by atoms with Gasteiger partial charge >= 0.3 is 0 Å². The molecule has 0 saturated heterocycles. The van der Waals surface area contributed by atoms with Crippen LogP contribution in [0.2, 0.25) is 0 Å². The number of hydrogen-bond donors (Lipinski definition) is 1. The monoisotopic (exact) mass is 344 g/mol. The van der Waals surface area contributed by atoms with Crippen LogP contribution in [-0.2, 0) is 6.42 Å². The zero-order chi connectivity index (χ0) is 18.2. The average molecular weight is 344 g/mol. The van der Waals surface area contributed by atoms with E-state index in [0.717, 1.165) is 12.1 Å². The number of rotatable bonds is 8. The van der Waals surface area contributed by atoms with E-state index in [9.17, 15) is 13.9 Å². The number of benzene rings is 1. The third-order valence-electron chi connectivity index (χ3n) is 3.75. The summed E-state index contributed by atoms with van der Waals surface area (Å²) in [5.74, 6) is -1.84. The maximum atomic E-state index is 14.4. The summed E-state index contributed by atoms with van der Waals surface area (Å²) in [7, 11) is 0. The molecule has 132 valence electrons. The number of aliphatic hydroxyl groups excluding tert-OH is 1. The molecule has 0 spiro atoms. The first kappa shape index (κ1) is 18.9. The van der Waals surface area contributed by atoms with Crippen LogP contribution in [0.25, 0.3) is 17.3 Å². The van der Waals surface area contributed by atoms with Gasteiger partial charge in [0.25, 0.3) is 0 Å². The lowest BCUT2D eigenvalue weighted by molar-refractivity contribution is 0.182. The van der Waals surface area contributed by atoms with E-state index < -0.39 is 11.6 Å². The van der Waals surface area contributed by atoms with Gasteiger partial charge in [0.15, 0.2) is 11.6 Å². The summed E-state index contributed by atoms with van der Waals surface area (Å²) in [5.41, 5.74) is 1.28. The molecule has 0 amide bonds. The fourth-order valence-electron chi connectivity index (χ4n) is 2.39. The molecule has 1 aromatic heterocycles. The van der Waals surface area contributed by atoms with Crippen molar-refractivity contribution in [3.8, 4) is 11.3 Å². The Bertz CT molecular complexity index is 740. The number of nitrogens with zero attached hydrogens (tertiary/aromatic N) is 2. The highest BCUT2D eigenvalue weighted by molar-refractivity contribution is 5.63. The van der Waals surface area contributed by atoms with E-state index in [-0.39, 0.29) is 22.9 Å². The minimum atomic E-state index is -0.933. The Kier molecular flexibility index (Phi) is 6.95. The van der Waals surface area contributed by atoms with E-state index in [0.29, 0.717) is 19.3 Å². The number of unbranched alkanes of at least 4 members (excludes halogenated alkanes) is 1. The molecule has 0 fully saturated rings. The number of halogens is 2. The van der Waals surface area contributed by atoms with Gasteiger partial charge in [-0.25, -0.2) is 8.78 Å². The molecule has 1 heterocycles. The summed E-state index contributed by atoms with van der Waals surface area (Å²) in [6, 6.07) is 6.37. The van der Waals surface area contributed by atoms with Crippen LogP contribution in [-0.4, -0.2) is 21.4 Å². The lowest BCUT2D eigenvalue weighted by Crippen LogP contribution is -1.98. The Labute approximate surface area is 146 Å². The zero-order valence-electron chi connectivity index (χ0n) is 14.3. The molecule has 0 radical (unpaired) electrons. The highest BCUT2D eigenvalue weighted by Crippen LogP contribution is 2.25. The smallest absolute Gasteiger partial charge is 0.168 e. The standard InChI is InChI=1S/C20H22F2N2O/c1-3-7-16-11-13-18(24-23-16)17-12-10-15(19(21)20(17)22)9-6-4-5-8-14(2)25/h3,6,9-14,25H,1,4-5,7-8H2,2H3/b9-6+. The molecule has 1 N–H and O–H groups in total. The first-order valence-corrected chi connectivity index (χ1v) is 8.29. The first-order valence-electron chi connectivity index (χ1n) is 8.29. The fourth-order valence-corrected chi connectivity index (χ4v) is 2.39. The van der Waals surface area contributed by atoms with Gasteiger partial charge in [0.05, 0.1) is 17.5 Å². The van der Waals surface area contributed by atoms with Crippen LogP contribution >= 0.6 is 0 Å². The number of allylic oxidation sites excluding steroid dienone is 2. The van der Waals surface area contributed by atoms with E-state index in [1.807, 2.05) is 0 Å². The second-order valence-corrected chi connectivity index (χ2v) is 5.92.